The average Bonchev–Trinajstić information content (AvgIpc) is 2.77. The number of hydrogen-bond acceptors (Lipinski definition) is 3. The SMILES string of the molecule is Fc1cccc(NC2CCOC3(CCSC3)C2)c1. The Morgan fingerprint density at radius 3 is 3.17 bits per heavy atom. The Labute approximate surface area is 111 Å². The predicted octanol–water partition coefficient (Wildman–Crippen LogP) is 3.29. The van der Waals surface area contributed by atoms with E-state index in [1.165, 1.54) is 11.8 Å². The van der Waals surface area contributed by atoms with Crippen molar-refractivity contribution in [2.24, 2.45) is 0 Å². The minimum absolute atomic E-state index is 0.0773. The number of hydrogen-bond donors (Lipinski definition) is 1. The maximum atomic E-state index is 13.1. The second-order valence-corrected chi connectivity index (χ2v) is 6.28. The number of nitrogens with one attached hydrogen (secondary N) is 1. The van der Waals surface area contributed by atoms with Gasteiger partial charge < -0.3 is 10.1 Å². The zero-order valence-electron chi connectivity index (χ0n) is 10.3. The first-order valence-corrected chi connectivity index (χ1v) is 7.65. The summed E-state index contributed by atoms with van der Waals surface area (Å²) in [4.78, 5) is 0. The van der Waals surface area contributed by atoms with Crippen LogP contribution in [0.4, 0.5) is 10.1 Å². The van der Waals surface area contributed by atoms with E-state index in [4.69, 9.17) is 4.74 Å². The molecule has 0 amide bonds. The molecule has 2 fully saturated rings. The van der Waals surface area contributed by atoms with Crippen molar-refractivity contribution in [1.82, 2.24) is 0 Å². The zero-order chi connectivity index (χ0) is 12.4. The van der Waals surface area contributed by atoms with Crippen molar-refractivity contribution >= 4 is 17.4 Å². The number of thioether (sulfide) groups is 1. The van der Waals surface area contributed by atoms with Crippen molar-refractivity contribution in [1.29, 1.82) is 0 Å². The second-order valence-electron chi connectivity index (χ2n) is 5.18. The molecule has 0 aromatic heterocycles. The van der Waals surface area contributed by atoms with E-state index in [-0.39, 0.29) is 11.4 Å². The minimum atomic E-state index is -0.182. The van der Waals surface area contributed by atoms with Crippen LogP contribution >= 0.6 is 11.8 Å². The Morgan fingerprint density at radius 1 is 1.44 bits per heavy atom. The maximum absolute atomic E-state index is 13.1. The molecule has 4 heteroatoms. The highest BCUT2D eigenvalue weighted by Gasteiger charge is 2.40. The third-order valence-corrected chi connectivity index (χ3v) is 4.98. The van der Waals surface area contributed by atoms with Crippen LogP contribution in [0.2, 0.25) is 0 Å². The molecule has 1 N–H and O–H groups in total. The number of benzene rings is 1. The summed E-state index contributed by atoms with van der Waals surface area (Å²) in [5, 5.41) is 3.44. The summed E-state index contributed by atoms with van der Waals surface area (Å²) in [5.74, 6) is 2.12. The molecule has 0 bridgehead atoms. The molecule has 2 heterocycles. The summed E-state index contributed by atoms with van der Waals surface area (Å²) in [6, 6.07) is 7.11. The van der Waals surface area contributed by atoms with Gasteiger partial charge in [0.2, 0.25) is 0 Å². The Morgan fingerprint density at radius 2 is 2.39 bits per heavy atom. The highest BCUT2D eigenvalue weighted by molar-refractivity contribution is 7.99. The standard InChI is InChI=1S/C14H18FNOS/c15-11-2-1-3-12(8-11)16-13-4-6-17-14(9-13)5-7-18-10-14/h1-3,8,13,16H,4-7,9-10H2. The van der Waals surface area contributed by atoms with E-state index in [2.05, 4.69) is 5.32 Å². The molecule has 2 saturated heterocycles. The summed E-state index contributed by atoms with van der Waals surface area (Å²) >= 11 is 1.98. The lowest BCUT2D eigenvalue weighted by Crippen LogP contribution is -2.44. The lowest BCUT2D eigenvalue weighted by atomic mass is 9.90. The molecule has 0 radical (unpaired) electrons. The van der Waals surface area contributed by atoms with Gasteiger partial charge in [-0.1, -0.05) is 6.07 Å². The Kier molecular flexibility index (Phi) is 3.48. The Balaban J connectivity index is 1.66. The first-order chi connectivity index (χ1) is 8.76. The van der Waals surface area contributed by atoms with Gasteiger partial charge in [-0.25, -0.2) is 4.39 Å². The lowest BCUT2D eigenvalue weighted by molar-refractivity contribution is -0.0628. The number of anilines is 1. The van der Waals surface area contributed by atoms with E-state index in [0.29, 0.717) is 6.04 Å². The van der Waals surface area contributed by atoms with Gasteiger partial charge in [-0.3, -0.25) is 0 Å². The van der Waals surface area contributed by atoms with Crippen LogP contribution < -0.4 is 5.32 Å². The van der Waals surface area contributed by atoms with Crippen molar-refractivity contribution in [3.63, 3.8) is 0 Å². The van der Waals surface area contributed by atoms with Crippen molar-refractivity contribution in [3.05, 3.63) is 30.1 Å². The normalized spacial score (nSPS) is 31.7. The van der Waals surface area contributed by atoms with Crippen molar-refractivity contribution in [2.75, 3.05) is 23.4 Å². The van der Waals surface area contributed by atoms with Gasteiger partial charge in [0.25, 0.3) is 0 Å². The molecule has 0 aliphatic carbocycles. The third kappa shape index (κ3) is 2.64. The second kappa shape index (κ2) is 5.10. The summed E-state index contributed by atoms with van der Waals surface area (Å²) in [6.07, 6.45) is 3.19. The molecular formula is C14H18FNOS. The van der Waals surface area contributed by atoms with E-state index in [1.807, 2.05) is 17.8 Å². The molecule has 1 aromatic carbocycles. The zero-order valence-corrected chi connectivity index (χ0v) is 11.1. The number of rotatable bonds is 2. The minimum Gasteiger partial charge on any atom is -0.382 e. The molecule has 18 heavy (non-hydrogen) atoms. The van der Waals surface area contributed by atoms with Crippen LogP contribution in [-0.2, 0) is 4.74 Å². The van der Waals surface area contributed by atoms with Gasteiger partial charge in [-0.15, -0.1) is 0 Å². The molecule has 3 rings (SSSR count). The largest absolute Gasteiger partial charge is 0.382 e. The van der Waals surface area contributed by atoms with Gasteiger partial charge in [0.05, 0.1) is 5.60 Å². The molecule has 2 unspecified atom stereocenters. The molecule has 2 aliphatic heterocycles. The number of halogens is 1. The Hall–Kier alpha value is -0.740. The van der Waals surface area contributed by atoms with Crippen molar-refractivity contribution < 1.29 is 9.13 Å². The van der Waals surface area contributed by atoms with Gasteiger partial charge in [-0.2, -0.15) is 11.8 Å². The highest BCUT2D eigenvalue weighted by atomic mass is 32.2. The molecule has 1 spiro atoms. The third-order valence-electron chi connectivity index (χ3n) is 3.76. The van der Waals surface area contributed by atoms with Gasteiger partial charge >= 0.3 is 0 Å². The van der Waals surface area contributed by atoms with Crippen LogP contribution in [0.25, 0.3) is 0 Å². The highest BCUT2D eigenvalue weighted by Crippen LogP contribution is 2.38. The van der Waals surface area contributed by atoms with E-state index >= 15 is 0 Å². The van der Waals surface area contributed by atoms with Crippen LogP contribution in [0.15, 0.2) is 24.3 Å². The van der Waals surface area contributed by atoms with Gasteiger partial charge in [-0.05, 0) is 43.2 Å². The van der Waals surface area contributed by atoms with Crippen LogP contribution in [0.1, 0.15) is 19.3 Å². The van der Waals surface area contributed by atoms with E-state index in [1.54, 1.807) is 12.1 Å². The quantitative estimate of drug-likeness (QED) is 0.888. The number of ether oxygens (including phenoxy) is 1. The molecule has 98 valence electrons. The van der Waals surface area contributed by atoms with Gasteiger partial charge in [0.15, 0.2) is 0 Å². The molecule has 2 aliphatic rings. The first kappa shape index (κ1) is 12.3. The topological polar surface area (TPSA) is 21.3 Å². The lowest BCUT2D eigenvalue weighted by Gasteiger charge is -2.38. The first-order valence-electron chi connectivity index (χ1n) is 6.50. The molecular weight excluding hydrogens is 249 g/mol. The smallest absolute Gasteiger partial charge is 0.125 e. The molecule has 2 atom stereocenters. The van der Waals surface area contributed by atoms with Crippen LogP contribution in [-0.4, -0.2) is 29.8 Å². The monoisotopic (exact) mass is 267 g/mol. The summed E-state index contributed by atoms with van der Waals surface area (Å²) in [7, 11) is 0. The molecule has 1 aromatic rings. The average molecular weight is 267 g/mol. The van der Waals surface area contributed by atoms with Gasteiger partial charge in [0, 0.05) is 24.1 Å². The van der Waals surface area contributed by atoms with E-state index in [9.17, 15) is 4.39 Å². The van der Waals surface area contributed by atoms with Crippen LogP contribution in [0.5, 0.6) is 0 Å². The fraction of sp³-hybridized carbons (Fsp3) is 0.571. The van der Waals surface area contributed by atoms with Crippen molar-refractivity contribution in [2.45, 2.75) is 30.9 Å². The summed E-state index contributed by atoms with van der Waals surface area (Å²) in [5.41, 5.74) is 0.955. The van der Waals surface area contributed by atoms with Gasteiger partial charge in [0.1, 0.15) is 5.82 Å². The fourth-order valence-corrected chi connectivity index (χ4v) is 4.21. The summed E-state index contributed by atoms with van der Waals surface area (Å²) < 4.78 is 19.1. The van der Waals surface area contributed by atoms with Crippen LogP contribution in [0.3, 0.4) is 0 Å². The Bertz CT molecular complexity index is 420. The maximum Gasteiger partial charge on any atom is 0.125 e. The predicted molar refractivity (Wildman–Crippen MR) is 73.7 cm³/mol. The summed E-state index contributed by atoms with van der Waals surface area (Å²) in [6.45, 7) is 0.813. The fourth-order valence-electron chi connectivity index (χ4n) is 2.83. The van der Waals surface area contributed by atoms with Crippen LogP contribution in [0, 0.1) is 5.82 Å². The molecule has 0 saturated carbocycles. The van der Waals surface area contributed by atoms with E-state index < -0.39 is 0 Å². The van der Waals surface area contributed by atoms with Crippen molar-refractivity contribution in [3.8, 4) is 0 Å². The molecule has 2 nitrogen and oxygen atoms in total. The van der Waals surface area contributed by atoms with E-state index in [0.717, 1.165) is 37.3 Å².